The molecule has 2 amide bonds. The molecule has 0 radical (unpaired) electrons. The fourth-order valence-corrected chi connectivity index (χ4v) is 4.56. The van der Waals surface area contributed by atoms with Crippen molar-refractivity contribution in [3.8, 4) is 0 Å². The Hall–Kier alpha value is -3.06. The zero-order chi connectivity index (χ0) is 20.2. The first-order valence-corrected chi connectivity index (χ1v) is 10.2. The van der Waals surface area contributed by atoms with Gasteiger partial charge in [0.05, 0.1) is 18.6 Å². The van der Waals surface area contributed by atoms with Crippen LogP contribution in [0.15, 0.2) is 77.4 Å². The quantitative estimate of drug-likeness (QED) is 0.666. The number of carbonyl (C=O) groups excluding carboxylic acids is 2. The average molecular weight is 410 g/mol. The molecule has 1 aliphatic rings. The molecule has 0 spiro atoms. The highest BCUT2D eigenvalue weighted by Gasteiger charge is 2.41. The number of nitrogens with zero attached hydrogens (tertiary/aromatic N) is 1. The highest BCUT2D eigenvalue weighted by molar-refractivity contribution is 8.00. The molecule has 7 heteroatoms. The molecule has 4 rings (SSSR count). The summed E-state index contributed by atoms with van der Waals surface area (Å²) in [5.41, 5.74) is 1.49. The zero-order valence-electron chi connectivity index (χ0n) is 15.5. The van der Waals surface area contributed by atoms with Crippen molar-refractivity contribution in [1.29, 1.82) is 0 Å². The molecule has 29 heavy (non-hydrogen) atoms. The summed E-state index contributed by atoms with van der Waals surface area (Å²) >= 11 is 1.43. The van der Waals surface area contributed by atoms with Crippen molar-refractivity contribution >= 4 is 23.6 Å². The van der Waals surface area contributed by atoms with E-state index in [-0.39, 0.29) is 35.3 Å². The van der Waals surface area contributed by atoms with Gasteiger partial charge in [0.2, 0.25) is 11.8 Å². The summed E-state index contributed by atoms with van der Waals surface area (Å²) in [6, 6.07) is 18.0. The summed E-state index contributed by atoms with van der Waals surface area (Å²) in [4.78, 5) is 27.6. The van der Waals surface area contributed by atoms with E-state index in [1.165, 1.54) is 23.9 Å². The smallest absolute Gasteiger partial charge is 0.247 e. The maximum absolute atomic E-state index is 13.4. The summed E-state index contributed by atoms with van der Waals surface area (Å²) in [7, 11) is 0. The van der Waals surface area contributed by atoms with Gasteiger partial charge in [-0.1, -0.05) is 42.5 Å². The molecule has 2 atom stereocenters. The van der Waals surface area contributed by atoms with E-state index in [0.717, 1.165) is 5.56 Å². The molecule has 1 aliphatic heterocycles. The van der Waals surface area contributed by atoms with Crippen molar-refractivity contribution in [3.63, 3.8) is 0 Å². The Morgan fingerprint density at radius 2 is 1.90 bits per heavy atom. The normalized spacial score (nSPS) is 17.3. The van der Waals surface area contributed by atoms with Crippen molar-refractivity contribution in [2.24, 2.45) is 0 Å². The first kappa shape index (κ1) is 19.3. The van der Waals surface area contributed by atoms with Crippen LogP contribution in [0.1, 0.15) is 28.3 Å². The number of furan rings is 1. The first-order chi connectivity index (χ1) is 14.1. The van der Waals surface area contributed by atoms with Gasteiger partial charge < -0.3 is 14.6 Å². The third-order valence-electron chi connectivity index (χ3n) is 4.72. The second-order valence-corrected chi connectivity index (χ2v) is 7.69. The summed E-state index contributed by atoms with van der Waals surface area (Å²) < 4.78 is 18.7. The van der Waals surface area contributed by atoms with Crippen LogP contribution in [0.4, 0.5) is 4.39 Å². The lowest BCUT2D eigenvalue weighted by molar-refractivity contribution is -0.139. The molecule has 5 nitrogen and oxygen atoms in total. The Labute approximate surface area is 171 Å². The molecule has 3 aromatic rings. The number of hydrogen-bond acceptors (Lipinski definition) is 4. The average Bonchev–Trinajstić information content (AvgIpc) is 3.39. The molecule has 1 saturated heterocycles. The SMILES string of the molecule is O=C(NCc1ccco1)[C@@H](c1ccccc1)N1C(=O)CS[C@H]1c1ccc(F)cc1. The highest BCUT2D eigenvalue weighted by atomic mass is 32.2. The Morgan fingerprint density at radius 1 is 1.14 bits per heavy atom. The monoisotopic (exact) mass is 410 g/mol. The molecule has 148 valence electrons. The standard InChI is InChI=1S/C22H19FN2O3S/c23-17-10-8-16(9-11-17)22-25(19(26)14-29-22)20(15-5-2-1-3-6-15)21(27)24-13-18-7-4-12-28-18/h1-12,20,22H,13-14H2,(H,24,27)/t20-,22+/m1/s1. The van der Waals surface area contributed by atoms with Crippen LogP contribution in [0, 0.1) is 5.82 Å². The Kier molecular flexibility index (Phi) is 5.67. The van der Waals surface area contributed by atoms with E-state index >= 15 is 0 Å². The van der Waals surface area contributed by atoms with Crippen molar-refractivity contribution in [3.05, 3.63) is 95.7 Å². The maximum Gasteiger partial charge on any atom is 0.247 e. The zero-order valence-corrected chi connectivity index (χ0v) is 16.3. The van der Waals surface area contributed by atoms with Crippen LogP contribution in [0.2, 0.25) is 0 Å². The number of hydrogen-bond donors (Lipinski definition) is 1. The van der Waals surface area contributed by atoms with Crippen LogP contribution in [-0.2, 0) is 16.1 Å². The van der Waals surface area contributed by atoms with Gasteiger partial charge in [-0.15, -0.1) is 11.8 Å². The minimum atomic E-state index is -0.802. The van der Waals surface area contributed by atoms with Crippen LogP contribution >= 0.6 is 11.8 Å². The van der Waals surface area contributed by atoms with Gasteiger partial charge in [0, 0.05) is 0 Å². The van der Waals surface area contributed by atoms with E-state index in [4.69, 9.17) is 4.42 Å². The molecule has 0 saturated carbocycles. The minimum absolute atomic E-state index is 0.133. The molecule has 2 heterocycles. The molecule has 2 aromatic carbocycles. The van der Waals surface area contributed by atoms with Crippen molar-refractivity contribution in [1.82, 2.24) is 10.2 Å². The second kappa shape index (κ2) is 8.53. The van der Waals surface area contributed by atoms with Gasteiger partial charge in [-0.25, -0.2) is 4.39 Å². The third-order valence-corrected chi connectivity index (χ3v) is 5.95. The van der Waals surface area contributed by atoms with Gasteiger partial charge >= 0.3 is 0 Å². The van der Waals surface area contributed by atoms with Gasteiger partial charge in [0.15, 0.2) is 0 Å². The van der Waals surface area contributed by atoms with Crippen molar-refractivity contribution in [2.75, 3.05) is 5.75 Å². The minimum Gasteiger partial charge on any atom is -0.467 e. The van der Waals surface area contributed by atoms with E-state index in [2.05, 4.69) is 5.32 Å². The molecule has 0 aliphatic carbocycles. The van der Waals surface area contributed by atoms with E-state index in [1.54, 1.807) is 35.4 Å². The highest BCUT2D eigenvalue weighted by Crippen LogP contribution is 2.43. The number of nitrogens with one attached hydrogen (secondary N) is 1. The molecule has 1 aromatic heterocycles. The van der Waals surface area contributed by atoms with E-state index < -0.39 is 6.04 Å². The van der Waals surface area contributed by atoms with Crippen molar-refractivity contribution in [2.45, 2.75) is 18.0 Å². The van der Waals surface area contributed by atoms with E-state index in [9.17, 15) is 14.0 Å². The number of halogens is 1. The van der Waals surface area contributed by atoms with Gasteiger partial charge in [-0.05, 0) is 35.4 Å². The predicted octanol–water partition coefficient (Wildman–Crippen LogP) is 4.05. The third kappa shape index (κ3) is 4.19. The Balaban J connectivity index is 1.66. The number of benzene rings is 2. The summed E-state index contributed by atoms with van der Waals surface area (Å²) in [5, 5.41) is 2.49. The molecule has 1 N–H and O–H groups in total. The molecular formula is C22H19FN2O3S. The lowest BCUT2D eigenvalue weighted by Crippen LogP contribution is -2.42. The first-order valence-electron chi connectivity index (χ1n) is 9.17. The Bertz CT molecular complexity index is 977. The van der Waals surface area contributed by atoms with Crippen molar-refractivity contribution < 1.29 is 18.4 Å². The fourth-order valence-electron chi connectivity index (χ4n) is 3.36. The lowest BCUT2D eigenvalue weighted by atomic mass is 10.0. The Morgan fingerprint density at radius 3 is 2.59 bits per heavy atom. The van der Waals surface area contributed by atoms with Crippen LogP contribution in [0.5, 0.6) is 0 Å². The van der Waals surface area contributed by atoms with Gasteiger partial charge in [0.1, 0.15) is 23.0 Å². The topological polar surface area (TPSA) is 62.6 Å². The second-order valence-electron chi connectivity index (χ2n) is 6.63. The van der Waals surface area contributed by atoms with Gasteiger partial charge in [-0.3, -0.25) is 9.59 Å². The van der Waals surface area contributed by atoms with E-state index in [1.807, 2.05) is 30.3 Å². The molecular weight excluding hydrogens is 391 g/mol. The number of carbonyl (C=O) groups is 2. The number of amides is 2. The molecule has 0 unspecified atom stereocenters. The summed E-state index contributed by atoms with van der Waals surface area (Å²) in [6.07, 6.45) is 1.54. The van der Waals surface area contributed by atoms with Crippen LogP contribution in [-0.4, -0.2) is 22.5 Å². The fraction of sp³-hybridized carbons (Fsp3) is 0.182. The maximum atomic E-state index is 13.4. The molecule has 1 fully saturated rings. The van der Waals surface area contributed by atoms with Crippen LogP contribution in [0.25, 0.3) is 0 Å². The van der Waals surface area contributed by atoms with E-state index in [0.29, 0.717) is 11.3 Å². The van der Waals surface area contributed by atoms with Gasteiger partial charge in [-0.2, -0.15) is 0 Å². The van der Waals surface area contributed by atoms with Crippen LogP contribution in [0.3, 0.4) is 0 Å². The molecule has 0 bridgehead atoms. The van der Waals surface area contributed by atoms with Crippen LogP contribution < -0.4 is 5.32 Å². The predicted molar refractivity (Wildman–Crippen MR) is 108 cm³/mol. The lowest BCUT2D eigenvalue weighted by Gasteiger charge is -2.32. The van der Waals surface area contributed by atoms with Gasteiger partial charge in [0.25, 0.3) is 0 Å². The largest absolute Gasteiger partial charge is 0.467 e. The summed E-state index contributed by atoms with van der Waals surface area (Å²) in [6.45, 7) is 0.228. The summed E-state index contributed by atoms with van der Waals surface area (Å²) in [5.74, 6) is 0.117. The number of thioether (sulfide) groups is 1. The number of rotatable bonds is 6.